The first kappa shape index (κ1) is 14.2. The summed E-state index contributed by atoms with van der Waals surface area (Å²) < 4.78 is 4.96. The maximum Gasteiger partial charge on any atom is 0.407 e. The quantitative estimate of drug-likeness (QED) is 0.646. The Bertz CT molecular complexity index is 179. The van der Waals surface area contributed by atoms with Crippen LogP contribution in [0.15, 0.2) is 0 Å². The first-order valence-corrected chi connectivity index (χ1v) is 5.63. The van der Waals surface area contributed by atoms with E-state index in [1.54, 1.807) is 0 Å². The van der Waals surface area contributed by atoms with Gasteiger partial charge < -0.3 is 15.4 Å². The molecule has 0 saturated heterocycles. The van der Waals surface area contributed by atoms with Crippen LogP contribution in [0, 0.1) is 11.8 Å². The van der Waals surface area contributed by atoms with Crippen molar-refractivity contribution in [1.29, 1.82) is 0 Å². The first-order chi connectivity index (χ1) is 7.02. The van der Waals surface area contributed by atoms with Crippen LogP contribution < -0.4 is 10.6 Å². The van der Waals surface area contributed by atoms with Gasteiger partial charge in [0, 0.05) is 15.9 Å². The van der Waals surface area contributed by atoms with Crippen LogP contribution in [0.25, 0.3) is 0 Å². The van der Waals surface area contributed by atoms with Crippen molar-refractivity contribution in [2.45, 2.75) is 27.7 Å². The average Bonchev–Trinajstić information content (AvgIpc) is 2.13. The fourth-order valence-electron chi connectivity index (χ4n) is 0.945. The largest absolute Gasteiger partial charge is 0.448 e. The van der Waals surface area contributed by atoms with Gasteiger partial charge in [-0.1, -0.05) is 27.7 Å². The van der Waals surface area contributed by atoms with Gasteiger partial charge in [0.1, 0.15) is 6.61 Å². The molecular formula is C11H28N2O2. The highest BCUT2D eigenvalue weighted by atomic mass is 16.5. The van der Waals surface area contributed by atoms with Crippen LogP contribution >= 0.6 is 0 Å². The predicted octanol–water partition coefficient (Wildman–Crippen LogP) is 2.11. The van der Waals surface area contributed by atoms with Gasteiger partial charge in [0.25, 0.3) is 0 Å². The molecule has 4 nitrogen and oxygen atoms in total. The second-order valence-corrected chi connectivity index (χ2v) is 4.51. The maximum atomic E-state index is 11.1. The molecule has 4 heteroatoms. The minimum atomic E-state index is -0.324. The maximum absolute atomic E-state index is 11.1. The summed E-state index contributed by atoms with van der Waals surface area (Å²) in [6.45, 7) is 11.1. The molecule has 0 radical (unpaired) electrons. The Hall–Kier alpha value is -0.770. The molecule has 15 heavy (non-hydrogen) atoms. The first-order valence-electron chi connectivity index (χ1n) is 5.63. The number of rotatable bonds is 7. The molecule has 0 aliphatic heterocycles. The predicted molar refractivity (Wildman–Crippen MR) is 66.1 cm³/mol. The van der Waals surface area contributed by atoms with Gasteiger partial charge in [-0.3, -0.25) is 0 Å². The van der Waals surface area contributed by atoms with Gasteiger partial charge in [0.15, 0.2) is 0 Å². The van der Waals surface area contributed by atoms with Crippen molar-refractivity contribution >= 4 is 6.09 Å². The monoisotopic (exact) mass is 220 g/mol. The van der Waals surface area contributed by atoms with Crippen LogP contribution in [0.5, 0.6) is 0 Å². The summed E-state index contributed by atoms with van der Waals surface area (Å²) in [6, 6.07) is 0. The third kappa shape index (κ3) is 11.2. The molecule has 0 aliphatic rings. The van der Waals surface area contributed by atoms with E-state index in [1.807, 2.05) is 13.8 Å². The number of hydrogen-bond acceptors (Lipinski definition) is 3. The van der Waals surface area contributed by atoms with E-state index in [0.717, 1.165) is 6.54 Å². The van der Waals surface area contributed by atoms with Crippen LogP contribution in [0.4, 0.5) is 4.79 Å². The minimum Gasteiger partial charge on any atom is -0.448 e. The number of amides is 1. The number of alkyl carbamates (subject to hydrolysis) is 1. The van der Waals surface area contributed by atoms with E-state index < -0.39 is 0 Å². The van der Waals surface area contributed by atoms with Gasteiger partial charge in [-0.15, -0.1) is 0 Å². The van der Waals surface area contributed by atoms with Crippen LogP contribution in [0.1, 0.15) is 30.5 Å². The molecule has 0 atom stereocenters. The third-order valence-corrected chi connectivity index (χ3v) is 1.72. The van der Waals surface area contributed by atoms with E-state index in [-0.39, 0.29) is 8.95 Å². The van der Waals surface area contributed by atoms with Gasteiger partial charge >= 0.3 is 6.09 Å². The third-order valence-electron chi connectivity index (χ3n) is 1.72. The summed E-state index contributed by atoms with van der Waals surface area (Å²) in [6.07, 6.45) is -0.324. The zero-order valence-corrected chi connectivity index (χ0v) is 10.3. The Balaban J connectivity index is -0.000000980. The second kappa shape index (κ2) is 8.53. The van der Waals surface area contributed by atoms with Crippen molar-refractivity contribution in [3.63, 3.8) is 0 Å². The number of nitrogens with one attached hydrogen (secondary N) is 2. The van der Waals surface area contributed by atoms with Crippen LogP contribution in [-0.4, -0.2) is 32.3 Å². The molecule has 0 rings (SSSR count). The second-order valence-electron chi connectivity index (χ2n) is 4.51. The lowest BCUT2D eigenvalue weighted by atomic mass is 10.2. The van der Waals surface area contributed by atoms with Crippen molar-refractivity contribution < 1.29 is 12.4 Å². The number of carbonyl (C=O) groups excluding carboxylic acids is 1. The molecule has 0 bridgehead atoms. The molecule has 94 valence electrons. The Morgan fingerprint density at radius 2 is 1.80 bits per heavy atom. The standard InChI is InChI=1S/C11H24N2O2.2H2/c1-9(2)7-12-5-6-15-11(14)13-8-10(3)4;;/h9-10,12H,5-8H2,1-4H3,(H,13,14);2*1H. The van der Waals surface area contributed by atoms with E-state index in [9.17, 15) is 4.79 Å². The number of hydrogen-bond donors (Lipinski definition) is 2. The zero-order chi connectivity index (χ0) is 11.7. The molecule has 1 amide bonds. The van der Waals surface area contributed by atoms with Gasteiger partial charge in [-0.2, -0.15) is 0 Å². The lowest BCUT2D eigenvalue weighted by molar-refractivity contribution is 0.145. The summed E-state index contributed by atoms with van der Waals surface area (Å²) in [5.74, 6) is 1.08. The van der Waals surface area contributed by atoms with E-state index in [1.165, 1.54) is 0 Å². The van der Waals surface area contributed by atoms with Gasteiger partial charge in [-0.25, -0.2) is 4.79 Å². The topological polar surface area (TPSA) is 50.4 Å². The zero-order valence-electron chi connectivity index (χ0n) is 10.3. The molecule has 2 N–H and O–H groups in total. The highest BCUT2D eigenvalue weighted by molar-refractivity contribution is 5.67. The summed E-state index contributed by atoms with van der Waals surface area (Å²) in [4.78, 5) is 11.1. The molecular weight excluding hydrogens is 192 g/mol. The minimum absolute atomic E-state index is 0. The molecule has 0 saturated carbocycles. The summed E-state index contributed by atoms with van der Waals surface area (Å²) >= 11 is 0. The average molecular weight is 220 g/mol. The van der Waals surface area contributed by atoms with Crippen LogP contribution in [0.3, 0.4) is 0 Å². The fraction of sp³-hybridized carbons (Fsp3) is 0.909. The lowest BCUT2D eigenvalue weighted by Crippen LogP contribution is -2.31. The smallest absolute Gasteiger partial charge is 0.407 e. The number of ether oxygens (including phenoxy) is 1. The summed E-state index contributed by atoms with van der Waals surface area (Å²) in [5, 5.41) is 5.89. The van der Waals surface area contributed by atoms with Crippen molar-refractivity contribution in [3.8, 4) is 0 Å². The SMILES string of the molecule is CC(C)CNCCOC(=O)NCC(C)C.[HH].[HH]. The van der Waals surface area contributed by atoms with Crippen molar-refractivity contribution in [2.75, 3.05) is 26.2 Å². The molecule has 0 aromatic heterocycles. The lowest BCUT2D eigenvalue weighted by Gasteiger charge is -2.10. The normalized spacial score (nSPS) is 10.8. The molecule has 0 heterocycles. The van der Waals surface area contributed by atoms with Crippen LogP contribution in [-0.2, 0) is 4.74 Å². The molecule has 0 aliphatic carbocycles. The highest BCUT2D eigenvalue weighted by Crippen LogP contribution is 1.88. The van der Waals surface area contributed by atoms with Crippen molar-refractivity contribution in [1.82, 2.24) is 10.6 Å². The molecule has 0 aromatic rings. The Kier molecular flexibility index (Phi) is 8.09. The number of carbonyl (C=O) groups is 1. The van der Waals surface area contributed by atoms with E-state index in [4.69, 9.17) is 4.74 Å². The molecule has 0 aromatic carbocycles. The van der Waals surface area contributed by atoms with Gasteiger partial charge in [-0.05, 0) is 18.4 Å². The Labute approximate surface area is 95.7 Å². The van der Waals surface area contributed by atoms with Crippen LogP contribution in [0.2, 0.25) is 0 Å². The van der Waals surface area contributed by atoms with Crippen molar-refractivity contribution in [2.24, 2.45) is 11.8 Å². The fourth-order valence-corrected chi connectivity index (χ4v) is 0.945. The molecule has 0 unspecified atom stereocenters. The van der Waals surface area contributed by atoms with Gasteiger partial charge in [0.2, 0.25) is 0 Å². The van der Waals surface area contributed by atoms with E-state index in [0.29, 0.717) is 31.5 Å². The van der Waals surface area contributed by atoms with E-state index in [2.05, 4.69) is 24.5 Å². The summed E-state index contributed by atoms with van der Waals surface area (Å²) in [5.41, 5.74) is 0. The Morgan fingerprint density at radius 1 is 1.20 bits per heavy atom. The van der Waals surface area contributed by atoms with E-state index >= 15 is 0 Å². The molecule has 0 spiro atoms. The molecule has 0 fully saturated rings. The Morgan fingerprint density at radius 3 is 2.33 bits per heavy atom. The van der Waals surface area contributed by atoms with Gasteiger partial charge in [0.05, 0.1) is 0 Å². The summed E-state index contributed by atoms with van der Waals surface area (Å²) in [7, 11) is 0. The van der Waals surface area contributed by atoms with Crippen molar-refractivity contribution in [3.05, 3.63) is 0 Å². The highest BCUT2D eigenvalue weighted by Gasteiger charge is 2.01.